The van der Waals surface area contributed by atoms with E-state index in [1.165, 1.54) is 11.8 Å². The smallest absolute Gasteiger partial charge is 0.277 e. The maximum atomic E-state index is 12.4. The molecule has 1 aromatic heterocycles. The molecule has 0 bridgehead atoms. The van der Waals surface area contributed by atoms with Crippen molar-refractivity contribution in [2.45, 2.75) is 31.9 Å². The van der Waals surface area contributed by atoms with E-state index in [2.05, 4.69) is 29.4 Å². The summed E-state index contributed by atoms with van der Waals surface area (Å²) in [5, 5.41) is 20.6. The Bertz CT molecular complexity index is 900. The number of rotatable bonds is 7. The topological polar surface area (TPSA) is 88.2 Å². The van der Waals surface area contributed by atoms with Gasteiger partial charge in [0, 0.05) is 11.3 Å². The monoisotopic (exact) mass is 383 g/mol. The highest BCUT2D eigenvalue weighted by Gasteiger charge is 2.13. The minimum atomic E-state index is -0.111. The number of para-hydroxylation sites is 1. The van der Waals surface area contributed by atoms with Crippen molar-refractivity contribution < 1.29 is 14.3 Å². The van der Waals surface area contributed by atoms with Crippen LogP contribution in [-0.2, 0) is 17.6 Å². The Morgan fingerprint density at radius 2 is 1.74 bits per heavy atom. The number of nitrogens with zero attached hydrogens (tertiary/aromatic N) is 2. The zero-order chi connectivity index (χ0) is 19.2. The molecule has 0 unspecified atom stereocenters. The third-order valence-electron chi connectivity index (χ3n) is 4.11. The summed E-state index contributed by atoms with van der Waals surface area (Å²) in [6, 6.07) is 12.6. The molecule has 1 amide bonds. The van der Waals surface area contributed by atoms with Crippen molar-refractivity contribution in [3.05, 3.63) is 53.6 Å². The van der Waals surface area contributed by atoms with E-state index >= 15 is 0 Å². The molecule has 2 N–H and O–H groups in total. The SMILES string of the molecule is CCc1cccc(CC)c1NC(=O)CSc1nnc(-c2ccc(O)cc2)o1. The molecular formula is C20H21N3O3S. The minimum absolute atomic E-state index is 0.111. The quantitative estimate of drug-likeness (QED) is 0.592. The summed E-state index contributed by atoms with van der Waals surface area (Å²) in [4.78, 5) is 12.4. The number of phenols is 1. The Labute approximate surface area is 162 Å². The number of anilines is 1. The molecule has 0 saturated heterocycles. The fourth-order valence-electron chi connectivity index (χ4n) is 2.69. The van der Waals surface area contributed by atoms with Crippen molar-refractivity contribution in [3.8, 4) is 17.2 Å². The van der Waals surface area contributed by atoms with Crippen molar-refractivity contribution in [2.24, 2.45) is 0 Å². The molecule has 7 heteroatoms. The summed E-state index contributed by atoms with van der Waals surface area (Å²) in [7, 11) is 0. The van der Waals surface area contributed by atoms with Gasteiger partial charge in [-0.25, -0.2) is 0 Å². The standard InChI is InChI=1S/C20H21N3O3S/c1-3-13-6-5-7-14(4-2)18(13)21-17(25)12-27-20-23-22-19(26-20)15-8-10-16(24)11-9-15/h5-11,24H,3-4,12H2,1-2H3,(H,21,25). The molecule has 0 aliphatic heterocycles. The highest BCUT2D eigenvalue weighted by Crippen LogP contribution is 2.26. The van der Waals surface area contributed by atoms with E-state index in [9.17, 15) is 9.90 Å². The lowest BCUT2D eigenvalue weighted by molar-refractivity contribution is -0.113. The number of aryl methyl sites for hydroxylation is 2. The van der Waals surface area contributed by atoms with E-state index in [0.29, 0.717) is 16.7 Å². The first-order valence-corrected chi connectivity index (χ1v) is 9.75. The minimum Gasteiger partial charge on any atom is -0.508 e. The molecular weight excluding hydrogens is 362 g/mol. The summed E-state index contributed by atoms with van der Waals surface area (Å²) < 4.78 is 5.58. The van der Waals surface area contributed by atoms with Crippen LogP contribution in [0.4, 0.5) is 5.69 Å². The first-order valence-electron chi connectivity index (χ1n) is 8.77. The molecule has 0 fully saturated rings. The molecule has 0 atom stereocenters. The van der Waals surface area contributed by atoms with E-state index < -0.39 is 0 Å². The Kier molecular flexibility index (Phi) is 6.13. The number of hydrogen-bond acceptors (Lipinski definition) is 6. The number of carbonyl (C=O) groups is 1. The van der Waals surface area contributed by atoms with Gasteiger partial charge in [-0.1, -0.05) is 43.8 Å². The number of aromatic nitrogens is 2. The fourth-order valence-corrected chi connectivity index (χ4v) is 3.26. The summed E-state index contributed by atoms with van der Waals surface area (Å²) in [6.45, 7) is 4.14. The van der Waals surface area contributed by atoms with E-state index in [-0.39, 0.29) is 17.4 Å². The highest BCUT2D eigenvalue weighted by atomic mass is 32.2. The fraction of sp³-hybridized carbons (Fsp3) is 0.250. The second kappa shape index (κ2) is 8.73. The van der Waals surface area contributed by atoms with Gasteiger partial charge in [-0.3, -0.25) is 4.79 Å². The van der Waals surface area contributed by atoms with Crippen molar-refractivity contribution >= 4 is 23.4 Å². The van der Waals surface area contributed by atoms with Gasteiger partial charge in [-0.15, -0.1) is 10.2 Å². The number of phenolic OH excluding ortho intramolecular Hbond substituents is 1. The van der Waals surface area contributed by atoms with Gasteiger partial charge >= 0.3 is 0 Å². The van der Waals surface area contributed by atoms with E-state index in [1.54, 1.807) is 24.3 Å². The van der Waals surface area contributed by atoms with E-state index in [1.807, 2.05) is 18.2 Å². The van der Waals surface area contributed by atoms with Crippen molar-refractivity contribution in [3.63, 3.8) is 0 Å². The van der Waals surface area contributed by atoms with E-state index in [4.69, 9.17) is 4.42 Å². The molecule has 0 radical (unpaired) electrons. The van der Waals surface area contributed by atoms with Crippen LogP contribution in [0.1, 0.15) is 25.0 Å². The van der Waals surface area contributed by atoms with Crippen LogP contribution in [-0.4, -0.2) is 27.0 Å². The summed E-state index contributed by atoms with van der Waals surface area (Å²) in [6.07, 6.45) is 1.71. The number of nitrogens with one attached hydrogen (secondary N) is 1. The number of amides is 1. The van der Waals surface area contributed by atoms with Crippen molar-refractivity contribution in [1.29, 1.82) is 0 Å². The molecule has 6 nitrogen and oxygen atoms in total. The molecule has 27 heavy (non-hydrogen) atoms. The second-order valence-corrected chi connectivity index (χ2v) is 6.84. The first kappa shape index (κ1) is 19.0. The zero-order valence-corrected chi connectivity index (χ0v) is 16.0. The van der Waals surface area contributed by atoms with Gasteiger partial charge in [0.15, 0.2) is 0 Å². The first-order chi connectivity index (χ1) is 13.1. The average Bonchev–Trinajstić information content (AvgIpc) is 3.16. The lowest BCUT2D eigenvalue weighted by atomic mass is 10.0. The van der Waals surface area contributed by atoms with Crippen LogP contribution in [0.25, 0.3) is 11.5 Å². The predicted octanol–water partition coefficient (Wildman–Crippen LogP) is 4.30. The third-order valence-corrected chi connectivity index (χ3v) is 4.93. The number of hydrogen-bond donors (Lipinski definition) is 2. The summed E-state index contributed by atoms with van der Waals surface area (Å²) in [5.74, 6) is 0.587. The number of carbonyl (C=O) groups excluding carboxylic acids is 1. The van der Waals surface area contributed by atoms with Gasteiger partial charge in [0.1, 0.15) is 5.75 Å². The third kappa shape index (κ3) is 4.68. The van der Waals surface area contributed by atoms with Crippen molar-refractivity contribution in [1.82, 2.24) is 10.2 Å². The Balaban J connectivity index is 1.63. The van der Waals surface area contributed by atoms with Crippen LogP contribution in [0.2, 0.25) is 0 Å². The van der Waals surface area contributed by atoms with Gasteiger partial charge < -0.3 is 14.8 Å². The number of aromatic hydroxyl groups is 1. The van der Waals surface area contributed by atoms with Crippen LogP contribution in [0.3, 0.4) is 0 Å². The number of benzene rings is 2. The zero-order valence-electron chi connectivity index (χ0n) is 15.2. The molecule has 2 aromatic carbocycles. The lowest BCUT2D eigenvalue weighted by Crippen LogP contribution is -2.16. The maximum Gasteiger partial charge on any atom is 0.277 e. The highest BCUT2D eigenvalue weighted by molar-refractivity contribution is 7.99. The van der Waals surface area contributed by atoms with Gasteiger partial charge in [0.05, 0.1) is 5.75 Å². The van der Waals surface area contributed by atoms with Gasteiger partial charge in [0.25, 0.3) is 5.22 Å². The molecule has 0 spiro atoms. The van der Waals surface area contributed by atoms with Gasteiger partial charge in [-0.2, -0.15) is 0 Å². The second-order valence-electron chi connectivity index (χ2n) is 5.92. The van der Waals surface area contributed by atoms with E-state index in [0.717, 1.165) is 29.7 Å². The molecule has 0 aliphatic rings. The summed E-state index contributed by atoms with van der Waals surface area (Å²) in [5.41, 5.74) is 3.87. The van der Waals surface area contributed by atoms with Crippen LogP contribution >= 0.6 is 11.8 Å². The van der Waals surface area contributed by atoms with Gasteiger partial charge in [0.2, 0.25) is 11.8 Å². The molecule has 3 rings (SSSR count). The molecule has 140 valence electrons. The molecule has 0 saturated carbocycles. The molecule has 3 aromatic rings. The van der Waals surface area contributed by atoms with Crippen LogP contribution in [0.15, 0.2) is 52.1 Å². The van der Waals surface area contributed by atoms with Gasteiger partial charge in [-0.05, 0) is 48.2 Å². The largest absolute Gasteiger partial charge is 0.508 e. The van der Waals surface area contributed by atoms with Crippen LogP contribution in [0, 0.1) is 0 Å². The maximum absolute atomic E-state index is 12.4. The predicted molar refractivity (Wildman–Crippen MR) is 106 cm³/mol. The summed E-state index contributed by atoms with van der Waals surface area (Å²) >= 11 is 1.19. The number of thioether (sulfide) groups is 1. The van der Waals surface area contributed by atoms with Crippen LogP contribution < -0.4 is 5.32 Å². The average molecular weight is 383 g/mol. The Morgan fingerprint density at radius 1 is 1.07 bits per heavy atom. The molecule has 1 heterocycles. The van der Waals surface area contributed by atoms with Crippen LogP contribution in [0.5, 0.6) is 5.75 Å². The normalized spacial score (nSPS) is 10.7. The Hall–Kier alpha value is -2.80. The lowest BCUT2D eigenvalue weighted by Gasteiger charge is -2.13. The Morgan fingerprint density at radius 3 is 2.37 bits per heavy atom. The molecule has 0 aliphatic carbocycles. The van der Waals surface area contributed by atoms with Crippen molar-refractivity contribution in [2.75, 3.05) is 11.1 Å².